The van der Waals surface area contributed by atoms with Gasteiger partial charge >= 0.3 is 0 Å². The molecule has 0 spiro atoms. The van der Waals surface area contributed by atoms with E-state index in [0.29, 0.717) is 31.1 Å². The summed E-state index contributed by atoms with van der Waals surface area (Å²) >= 11 is 0. The number of amides is 1. The predicted octanol–water partition coefficient (Wildman–Crippen LogP) is 3.34. The molecule has 6 heteroatoms. The Kier molecular flexibility index (Phi) is 5.49. The molecular formula is C23H28N2O3S. The number of nitrogens with zero attached hydrogens (tertiary/aromatic N) is 2. The van der Waals surface area contributed by atoms with E-state index in [1.165, 1.54) is 4.31 Å². The fourth-order valence-corrected chi connectivity index (χ4v) is 6.08. The van der Waals surface area contributed by atoms with E-state index < -0.39 is 15.4 Å². The summed E-state index contributed by atoms with van der Waals surface area (Å²) in [6, 6.07) is 17.0. The Morgan fingerprint density at radius 2 is 1.45 bits per heavy atom. The van der Waals surface area contributed by atoms with Crippen LogP contribution >= 0.6 is 0 Å². The Labute approximate surface area is 173 Å². The first-order valence-electron chi connectivity index (χ1n) is 10.4. The number of carbonyl (C=O) groups is 1. The highest BCUT2D eigenvalue weighted by atomic mass is 32.2. The number of aryl methyl sites for hydroxylation is 1. The highest BCUT2D eigenvalue weighted by Crippen LogP contribution is 2.42. The molecule has 29 heavy (non-hydrogen) atoms. The quantitative estimate of drug-likeness (QED) is 0.774. The molecule has 1 heterocycles. The summed E-state index contributed by atoms with van der Waals surface area (Å²) in [5.74, 6) is 0.161. The Balaban J connectivity index is 1.49. The second kappa shape index (κ2) is 7.92. The van der Waals surface area contributed by atoms with Gasteiger partial charge in [-0.25, -0.2) is 8.42 Å². The molecule has 2 fully saturated rings. The average Bonchev–Trinajstić information content (AvgIpc) is 3.25. The van der Waals surface area contributed by atoms with Gasteiger partial charge in [-0.15, -0.1) is 0 Å². The van der Waals surface area contributed by atoms with Crippen LogP contribution in [0.1, 0.15) is 36.8 Å². The molecule has 2 aromatic carbocycles. The lowest BCUT2D eigenvalue weighted by atomic mass is 9.77. The molecule has 4 rings (SSSR count). The molecule has 0 radical (unpaired) electrons. The highest BCUT2D eigenvalue weighted by molar-refractivity contribution is 7.89. The van der Waals surface area contributed by atoms with E-state index in [9.17, 15) is 13.2 Å². The summed E-state index contributed by atoms with van der Waals surface area (Å²) in [6.45, 7) is 3.50. The van der Waals surface area contributed by atoms with Crippen molar-refractivity contribution in [3.8, 4) is 0 Å². The summed E-state index contributed by atoms with van der Waals surface area (Å²) in [5, 5.41) is 0. The molecule has 2 aromatic rings. The van der Waals surface area contributed by atoms with E-state index in [1.807, 2.05) is 42.2 Å². The Bertz CT molecular complexity index is 957. The van der Waals surface area contributed by atoms with Crippen molar-refractivity contribution in [2.45, 2.75) is 42.9 Å². The van der Waals surface area contributed by atoms with Gasteiger partial charge in [-0.2, -0.15) is 4.31 Å². The van der Waals surface area contributed by atoms with Crippen LogP contribution in [-0.2, 0) is 20.2 Å². The number of piperazine rings is 1. The summed E-state index contributed by atoms with van der Waals surface area (Å²) in [6.07, 6.45) is 3.86. The zero-order valence-electron chi connectivity index (χ0n) is 16.9. The van der Waals surface area contributed by atoms with Gasteiger partial charge in [-0.1, -0.05) is 60.9 Å². The van der Waals surface area contributed by atoms with E-state index in [-0.39, 0.29) is 5.91 Å². The van der Waals surface area contributed by atoms with Crippen LogP contribution in [0.25, 0.3) is 0 Å². The lowest BCUT2D eigenvalue weighted by molar-refractivity contribution is -0.138. The van der Waals surface area contributed by atoms with E-state index in [0.717, 1.165) is 36.8 Å². The largest absolute Gasteiger partial charge is 0.339 e. The first-order chi connectivity index (χ1) is 13.9. The second-order valence-electron chi connectivity index (χ2n) is 8.16. The maximum Gasteiger partial charge on any atom is 0.243 e. The molecule has 0 N–H and O–H groups in total. The van der Waals surface area contributed by atoms with Crippen LogP contribution in [-0.4, -0.2) is 49.7 Å². The lowest BCUT2D eigenvalue weighted by Gasteiger charge is -2.39. The molecule has 1 amide bonds. The summed E-state index contributed by atoms with van der Waals surface area (Å²) in [4.78, 5) is 15.7. The molecule has 1 saturated carbocycles. The third kappa shape index (κ3) is 3.71. The topological polar surface area (TPSA) is 57.7 Å². The molecule has 1 saturated heterocycles. The zero-order chi connectivity index (χ0) is 20.5. The van der Waals surface area contributed by atoms with Gasteiger partial charge in [-0.3, -0.25) is 4.79 Å². The van der Waals surface area contributed by atoms with Crippen LogP contribution in [0.2, 0.25) is 0 Å². The van der Waals surface area contributed by atoms with Gasteiger partial charge in [-0.05, 0) is 37.5 Å². The van der Waals surface area contributed by atoms with E-state index in [4.69, 9.17) is 0 Å². The summed E-state index contributed by atoms with van der Waals surface area (Å²) < 4.78 is 27.4. The number of carbonyl (C=O) groups excluding carboxylic acids is 1. The third-order valence-electron chi connectivity index (χ3n) is 6.38. The standard InChI is InChI=1S/C23H28N2O3S/c1-19-9-11-21(12-10-19)29(27,28)25-17-15-24(16-18-25)22(26)23(13-5-6-14-23)20-7-3-2-4-8-20/h2-4,7-12H,5-6,13-18H2,1H3. The van der Waals surface area contributed by atoms with Gasteiger partial charge in [0, 0.05) is 26.2 Å². The van der Waals surface area contributed by atoms with E-state index in [2.05, 4.69) is 12.1 Å². The molecule has 1 aliphatic heterocycles. The molecule has 0 aromatic heterocycles. The van der Waals surface area contributed by atoms with Gasteiger partial charge in [0.15, 0.2) is 0 Å². The van der Waals surface area contributed by atoms with Gasteiger partial charge in [0.2, 0.25) is 15.9 Å². The van der Waals surface area contributed by atoms with Crippen molar-refractivity contribution in [2.75, 3.05) is 26.2 Å². The van der Waals surface area contributed by atoms with Crippen LogP contribution in [0.15, 0.2) is 59.5 Å². The number of hydrogen-bond acceptors (Lipinski definition) is 3. The molecule has 154 valence electrons. The molecule has 0 bridgehead atoms. The van der Waals surface area contributed by atoms with Crippen molar-refractivity contribution >= 4 is 15.9 Å². The number of rotatable bonds is 4. The Morgan fingerprint density at radius 3 is 2.03 bits per heavy atom. The van der Waals surface area contributed by atoms with Gasteiger partial charge in [0.25, 0.3) is 0 Å². The van der Waals surface area contributed by atoms with Crippen molar-refractivity contribution in [3.05, 3.63) is 65.7 Å². The number of hydrogen-bond donors (Lipinski definition) is 0. The fraction of sp³-hybridized carbons (Fsp3) is 0.435. The smallest absolute Gasteiger partial charge is 0.243 e. The molecule has 0 unspecified atom stereocenters. The number of sulfonamides is 1. The number of benzene rings is 2. The predicted molar refractivity (Wildman–Crippen MR) is 113 cm³/mol. The lowest BCUT2D eigenvalue weighted by Crippen LogP contribution is -2.55. The summed E-state index contributed by atoms with van der Waals surface area (Å²) in [7, 11) is -3.52. The van der Waals surface area contributed by atoms with E-state index >= 15 is 0 Å². The maximum atomic E-state index is 13.5. The van der Waals surface area contributed by atoms with Crippen molar-refractivity contribution in [1.29, 1.82) is 0 Å². The van der Waals surface area contributed by atoms with Crippen molar-refractivity contribution in [3.63, 3.8) is 0 Å². The second-order valence-corrected chi connectivity index (χ2v) is 10.1. The SMILES string of the molecule is Cc1ccc(S(=O)(=O)N2CCN(C(=O)C3(c4ccccc4)CCCC3)CC2)cc1. The van der Waals surface area contributed by atoms with Gasteiger partial charge in [0.05, 0.1) is 10.3 Å². The van der Waals surface area contributed by atoms with E-state index in [1.54, 1.807) is 12.1 Å². The first kappa shape index (κ1) is 20.1. The van der Waals surface area contributed by atoms with Gasteiger partial charge < -0.3 is 4.90 Å². The van der Waals surface area contributed by atoms with Crippen molar-refractivity contribution in [2.24, 2.45) is 0 Å². The van der Waals surface area contributed by atoms with Crippen LogP contribution in [0.4, 0.5) is 0 Å². The molecule has 2 aliphatic rings. The highest BCUT2D eigenvalue weighted by Gasteiger charge is 2.45. The van der Waals surface area contributed by atoms with Gasteiger partial charge in [0.1, 0.15) is 0 Å². The molecule has 1 aliphatic carbocycles. The van der Waals surface area contributed by atoms with Crippen molar-refractivity contribution < 1.29 is 13.2 Å². The summed E-state index contributed by atoms with van der Waals surface area (Å²) in [5.41, 5.74) is 1.68. The Morgan fingerprint density at radius 1 is 0.862 bits per heavy atom. The minimum atomic E-state index is -3.52. The van der Waals surface area contributed by atoms with Crippen molar-refractivity contribution in [1.82, 2.24) is 9.21 Å². The van der Waals surface area contributed by atoms with Crippen LogP contribution in [0.3, 0.4) is 0 Å². The average molecular weight is 413 g/mol. The zero-order valence-corrected chi connectivity index (χ0v) is 17.7. The maximum absolute atomic E-state index is 13.5. The van der Waals surface area contributed by atoms with Crippen LogP contribution in [0, 0.1) is 6.92 Å². The first-order valence-corrected chi connectivity index (χ1v) is 11.8. The minimum Gasteiger partial charge on any atom is -0.339 e. The van der Waals surface area contributed by atoms with Crippen LogP contribution < -0.4 is 0 Å². The molecule has 0 atom stereocenters. The molecular weight excluding hydrogens is 384 g/mol. The monoisotopic (exact) mass is 412 g/mol. The Hall–Kier alpha value is -2.18. The van der Waals surface area contributed by atoms with Crippen LogP contribution in [0.5, 0.6) is 0 Å². The molecule has 5 nitrogen and oxygen atoms in total. The fourth-order valence-electron chi connectivity index (χ4n) is 4.66. The minimum absolute atomic E-state index is 0.161. The normalized spacial score (nSPS) is 20.0. The third-order valence-corrected chi connectivity index (χ3v) is 8.29.